The van der Waals surface area contributed by atoms with E-state index in [1.165, 1.54) is 0 Å². The minimum Gasteiger partial charge on any atom is -0.494 e. The number of halogens is 1. The average molecular weight is 358 g/mol. The fourth-order valence-electron chi connectivity index (χ4n) is 2.78. The van der Waals surface area contributed by atoms with Crippen molar-refractivity contribution in [2.24, 2.45) is 0 Å². The van der Waals surface area contributed by atoms with Crippen molar-refractivity contribution in [1.29, 1.82) is 0 Å². The molecular weight excluding hydrogens is 338 g/mol. The number of hydrogen-bond donors (Lipinski definition) is 1. The van der Waals surface area contributed by atoms with Gasteiger partial charge in [0.25, 0.3) is 0 Å². The Bertz CT molecular complexity index is 846. The number of para-hydroxylation sites is 2. The van der Waals surface area contributed by atoms with E-state index < -0.39 is 0 Å². The van der Waals surface area contributed by atoms with Crippen LogP contribution in [-0.2, 0) is 11.3 Å². The fourth-order valence-corrected chi connectivity index (χ4v) is 2.91. The third-order valence-corrected chi connectivity index (χ3v) is 4.25. The number of carbonyl (C=O) groups is 1. The highest BCUT2D eigenvalue weighted by molar-refractivity contribution is 6.30. The van der Waals surface area contributed by atoms with Gasteiger partial charge in [0.05, 0.1) is 23.7 Å². The molecule has 1 aromatic heterocycles. The molecule has 0 saturated heterocycles. The summed E-state index contributed by atoms with van der Waals surface area (Å²) in [5.74, 6) is 1.65. The zero-order chi connectivity index (χ0) is 17.6. The number of nitrogens with zero attached hydrogens (tertiary/aromatic N) is 2. The molecule has 0 fully saturated rings. The lowest BCUT2D eigenvalue weighted by atomic mass is 10.3. The first kappa shape index (κ1) is 17.3. The Morgan fingerprint density at radius 1 is 1.24 bits per heavy atom. The summed E-state index contributed by atoms with van der Waals surface area (Å²) >= 11 is 5.87. The Hall–Kier alpha value is -2.53. The van der Waals surface area contributed by atoms with Gasteiger partial charge in [0.15, 0.2) is 0 Å². The molecule has 1 amide bonds. The number of aromatic nitrogens is 2. The van der Waals surface area contributed by atoms with Crippen molar-refractivity contribution < 1.29 is 9.53 Å². The highest BCUT2D eigenvalue weighted by Crippen LogP contribution is 2.21. The van der Waals surface area contributed by atoms with Crippen molar-refractivity contribution >= 4 is 29.0 Å². The van der Waals surface area contributed by atoms with Crippen LogP contribution in [0.4, 0.5) is 0 Å². The second-order valence-electron chi connectivity index (χ2n) is 5.77. The van der Waals surface area contributed by atoms with Gasteiger partial charge in [0.2, 0.25) is 6.41 Å². The van der Waals surface area contributed by atoms with Gasteiger partial charge < -0.3 is 14.6 Å². The van der Waals surface area contributed by atoms with E-state index in [0.717, 1.165) is 35.6 Å². The van der Waals surface area contributed by atoms with E-state index in [-0.39, 0.29) is 6.04 Å². The number of nitrogens with one attached hydrogen (secondary N) is 1. The topological polar surface area (TPSA) is 56.2 Å². The van der Waals surface area contributed by atoms with Gasteiger partial charge in [-0.15, -0.1) is 0 Å². The zero-order valence-electron chi connectivity index (χ0n) is 14.0. The number of hydrogen-bond acceptors (Lipinski definition) is 3. The van der Waals surface area contributed by atoms with Crippen LogP contribution in [0.3, 0.4) is 0 Å². The van der Waals surface area contributed by atoms with Gasteiger partial charge in [0.1, 0.15) is 11.6 Å². The maximum Gasteiger partial charge on any atom is 0.207 e. The molecule has 1 N–H and O–H groups in total. The highest BCUT2D eigenvalue weighted by atomic mass is 35.5. The summed E-state index contributed by atoms with van der Waals surface area (Å²) in [6, 6.07) is 15.2. The van der Waals surface area contributed by atoms with Gasteiger partial charge in [-0.25, -0.2) is 4.98 Å². The van der Waals surface area contributed by atoms with Gasteiger partial charge in [-0.3, -0.25) is 4.79 Å². The fraction of sp³-hybridized carbons (Fsp3) is 0.263. The number of carbonyl (C=O) groups excluding carboxylic acids is 1. The van der Waals surface area contributed by atoms with E-state index in [1.807, 2.05) is 55.5 Å². The van der Waals surface area contributed by atoms with Gasteiger partial charge in [-0.2, -0.15) is 0 Å². The van der Waals surface area contributed by atoms with E-state index in [0.29, 0.717) is 18.0 Å². The van der Waals surface area contributed by atoms with Crippen LogP contribution in [0.1, 0.15) is 25.2 Å². The first-order valence-corrected chi connectivity index (χ1v) is 8.60. The summed E-state index contributed by atoms with van der Waals surface area (Å²) < 4.78 is 7.90. The second-order valence-corrected chi connectivity index (χ2v) is 6.21. The summed E-state index contributed by atoms with van der Waals surface area (Å²) in [7, 11) is 0. The summed E-state index contributed by atoms with van der Waals surface area (Å²) in [4.78, 5) is 15.4. The highest BCUT2D eigenvalue weighted by Gasteiger charge is 2.15. The summed E-state index contributed by atoms with van der Waals surface area (Å²) in [5, 5.41) is 3.47. The molecule has 0 aliphatic heterocycles. The van der Waals surface area contributed by atoms with Gasteiger partial charge >= 0.3 is 0 Å². The number of imidazole rings is 1. The van der Waals surface area contributed by atoms with Crippen LogP contribution in [0.15, 0.2) is 48.5 Å². The zero-order valence-corrected chi connectivity index (χ0v) is 14.7. The van der Waals surface area contributed by atoms with Crippen molar-refractivity contribution in [3.63, 3.8) is 0 Å². The molecule has 0 radical (unpaired) electrons. The monoisotopic (exact) mass is 357 g/mol. The molecule has 0 saturated carbocycles. The van der Waals surface area contributed by atoms with Gasteiger partial charge in [-0.1, -0.05) is 23.7 Å². The number of aryl methyl sites for hydroxylation is 1. The molecule has 2 aromatic carbocycles. The maximum atomic E-state index is 10.8. The number of ether oxygens (including phenoxy) is 1. The van der Waals surface area contributed by atoms with Crippen molar-refractivity contribution in [1.82, 2.24) is 14.9 Å². The normalized spacial score (nSPS) is 12.1. The number of rotatable bonds is 8. The van der Waals surface area contributed by atoms with E-state index in [1.54, 1.807) is 0 Å². The lowest BCUT2D eigenvalue weighted by molar-refractivity contribution is -0.110. The Labute approximate surface area is 151 Å². The van der Waals surface area contributed by atoms with Crippen molar-refractivity contribution in [2.45, 2.75) is 25.9 Å². The molecule has 1 atom stereocenters. The molecule has 3 aromatic rings. The SMILES string of the molecule is C[C@H](NC=O)c1nc2ccccc2n1CCCOc1ccc(Cl)cc1. The number of amides is 1. The molecule has 0 aliphatic carbocycles. The number of benzene rings is 2. The lowest BCUT2D eigenvalue weighted by Crippen LogP contribution is -2.21. The first-order valence-electron chi connectivity index (χ1n) is 8.22. The van der Waals surface area contributed by atoms with Crippen molar-refractivity contribution in [3.8, 4) is 5.75 Å². The molecule has 1 heterocycles. The molecule has 0 aliphatic rings. The second kappa shape index (κ2) is 8.03. The lowest BCUT2D eigenvalue weighted by Gasteiger charge is -2.14. The van der Waals surface area contributed by atoms with E-state index in [2.05, 4.69) is 14.9 Å². The average Bonchev–Trinajstić information content (AvgIpc) is 2.99. The van der Waals surface area contributed by atoms with Crippen molar-refractivity contribution in [3.05, 3.63) is 59.4 Å². The molecule has 130 valence electrons. The Morgan fingerprint density at radius 3 is 2.76 bits per heavy atom. The quantitative estimate of drug-likeness (QED) is 0.490. The van der Waals surface area contributed by atoms with E-state index in [9.17, 15) is 4.79 Å². The number of fused-ring (bicyclic) bond motifs is 1. The molecule has 0 bridgehead atoms. The third kappa shape index (κ3) is 4.12. The van der Waals surface area contributed by atoms with Crippen LogP contribution >= 0.6 is 11.6 Å². The Balaban J connectivity index is 1.70. The van der Waals surface area contributed by atoms with Gasteiger partial charge in [0, 0.05) is 11.6 Å². The smallest absolute Gasteiger partial charge is 0.207 e. The minimum atomic E-state index is -0.151. The summed E-state index contributed by atoms with van der Waals surface area (Å²) in [6.07, 6.45) is 1.53. The van der Waals surface area contributed by atoms with Gasteiger partial charge in [-0.05, 0) is 49.7 Å². The maximum absolute atomic E-state index is 10.8. The minimum absolute atomic E-state index is 0.151. The van der Waals surface area contributed by atoms with Crippen molar-refractivity contribution in [2.75, 3.05) is 6.61 Å². The molecule has 5 nitrogen and oxygen atoms in total. The largest absolute Gasteiger partial charge is 0.494 e. The molecular formula is C19H20ClN3O2. The Kier molecular flexibility index (Phi) is 5.56. The summed E-state index contributed by atoms with van der Waals surface area (Å²) in [5.41, 5.74) is 1.99. The van der Waals surface area contributed by atoms with E-state index >= 15 is 0 Å². The third-order valence-electron chi connectivity index (χ3n) is 4.00. The summed E-state index contributed by atoms with van der Waals surface area (Å²) in [6.45, 7) is 3.27. The first-order chi connectivity index (χ1) is 12.2. The molecule has 6 heteroatoms. The van der Waals surface area contributed by atoms with Crippen LogP contribution < -0.4 is 10.1 Å². The van der Waals surface area contributed by atoms with E-state index in [4.69, 9.17) is 16.3 Å². The molecule has 3 rings (SSSR count). The molecule has 0 unspecified atom stereocenters. The standard InChI is InChI=1S/C19H20ClN3O2/c1-14(21-13-24)19-22-17-5-2-3-6-18(17)23(19)11-4-12-25-16-9-7-15(20)8-10-16/h2-3,5-10,13-14H,4,11-12H2,1H3,(H,21,24)/t14-/m0/s1. The van der Waals surface area contributed by atoms with Crippen LogP contribution in [-0.4, -0.2) is 22.6 Å². The Morgan fingerprint density at radius 2 is 2.00 bits per heavy atom. The van der Waals surface area contributed by atoms with Crippen LogP contribution in [0.25, 0.3) is 11.0 Å². The predicted octanol–water partition coefficient (Wildman–Crippen LogP) is 3.97. The predicted molar refractivity (Wildman–Crippen MR) is 98.9 cm³/mol. The van der Waals surface area contributed by atoms with Crippen LogP contribution in [0.5, 0.6) is 5.75 Å². The van der Waals surface area contributed by atoms with Crippen LogP contribution in [0, 0.1) is 0 Å². The molecule has 0 spiro atoms. The van der Waals surface area contributed by atoms with Crippen LogP contribution in [0.2, 0.25) is 5.02 Å². The molecule has 25 heavy (non-hydrogen) atoms.